The first-order chi connectivity index (χ1) is 8.03. The lowest BCUT2D eigenvalue weighted by Crippen LogP contribution is -2.44. The van der Waals surface area contributed by atoms with Crippen LogP contribution in [0.25, 0.3) is 0 Å². The zero-order valence-corrected chi connectivity index (χ0v) is 10.7. The maximum absolute atomic E-state index is 9.84. The van der Waals surface area contributed by atoms with Gasteiger partial charge in [-0.1, -0.05) is 0 Å². The third-order valence-corrected chi connectivity index (χ3v) is 3.13. The number of likely N-dealkylation sites (tertiary alicyclic amines) is 1. The molecule has 1 aromatic rings. The Kier molecular flexibility index (Phi) is 3.79. The zero-order chi connectivity index (χ0) is 12.3. The van der Waals surface area contributed by atoms with Crippen LogP contribution in [0.3, 0.4) is 0 Å². The lowest BCUT2D eigenvalue weighted by atomic mass is 9.96. The molecule has 0 saturated carbocycles. The Bertz CT molecular complexity index is 331. The minimum Gasteiger partial charge on any atom is -0.389 e. The maximum atomic E-state index is 9.84. The molecule has 1 unspecified atom stereocenters. The van der Waals surface area contributed by atoms with Gasteiger partial charge in [-0.2, -0.15) is 5.10 Å². The molecular weight excluding hydrogens is 216 g/mol. The molecule has 1 N–H and O–H groups in total. The molecule has 1 saturated heterocycles. The summed E-state index contributed by atoms with van der Waals surface area (Å²) in [5, 5.41) is 14.0. The second kappa shape index (κ2) is 5.14. The molecule has 1 fully saturated rings. The number of β-amino-alcohol motifs (C(OH)–C–C–N with tert-alkyl or cyclic N) is 1. The van der Waals surface area contributed by atoms with E-state index >= 15 is 0 Å². The second-order valence-electron chi connectivity index (χ2n) is 5.67. The monoisotopic (exact) mass is 238 g/mol. The van der Waals surface area contributed by atoms with Crippen LogP contribution in [-0.4, -0.2) is 50.0 Å². The van der Waals surface area contributed by atoms with E-state index in [1.54, 1.807) is 12.7 Å². The minimum absolute atomic E-state index is 0.602. The summed E-state index contributed by atoms with van der Waals surface area (Å²) >= 11 is 0. The van der Waals surface area contributed by atoms with E-state index in [9.17, 15) is 5.11 Å². The van der Waals surface area contributed by atoms with E-state index in [4.69, 9.17) is 0 Å². The molecule has 5 heteroatoms. The molecule has 1 aromatic heterocycles. The summed E-state index contributed by atoms with van der Waals surface area (Å²) in [5.41, 5.74) is -0.602. The van der Waals surface area contributed by atoms with E-state index in [1.165, 1.54) is 12.8 Å². The quantitative estimate of drug-likeness (QED) is 0.841. The van der Waals surface area contributed by atoms with Crippen LogP contribution in [0, 0.1) is 5.92 Å². The molecular formula is C12H22N4O. The van der Waals surface area contributed by atoms with E-state index in [-0.39, 0.29) is 0 Å². The van der Waals surface area contributed by atoms with E-state index in [1.807, 2.05) is 18.5 Å². The summed E-state index contributed by atoms with van der Waals surface area (Å²) in [6.45, 7) is 7.56. The minimum atomic E-state index is -0.602. The fraction of sp³-hybridized carbons (Fsp3) is 0.833. The zero-order valence-electron chi connectivity index (χ0n) is 10.7. The van der Waals surface area contributed by atoms with Gasteiger partial charge in [0, 0.05) is 19.6 Å². The number of nitrogens with zero attached hydrogens (tertiary/aromatic N) is 4. The van der Waals surface area contributed by atoms with Crippen molar-refractivity contribution in [1.82, 2.24) is 19.7 Å². The SMILES string of the molecule is CC(C)(O)CN1CCCC(Cn2cncn2)C1. The van der Waals surface area contributed by atoms with E-state index in [0.29, 0.717) is 5.92 Å². The third-order valence-electron chi connectivity index (χ3n) is 3.13. The summed E-state index contributed by atoms with van der Waals surface area (Å²) in [4.78, 5) is 6.32. The maximum Gasteiger partial charge on any atom is 0.137 e. The van der Waals surface area contributed by atoms with Crippen molar-refractivity contribution in [2.45, 2.75) is 38.8 Å². The summed E-state index contributed by atoms with van der Waals surface area (Å²) in [7, 11) is 0. The van der Waals surface area contributed by atoms with Crippen LogP contribution in [-0.2, 0) is 6.54 Å². The van der Waals surface area contributed by atoms with Crippen LogP contribution in [0.15, 0.2) is 12.7 Å². The van der Waals surface area contributed by atoms with Crippen LogP contribution in [0.5, 0.6) is 0 Å². The van der Waals surface area contributed by atoms with Crippen molar-refractivity contribution in [3.05, 3.63) is 12.7 Å². The molecule has 1 atom stereocenters. The predicted molar refractivity (Wildman–Crippen MR) is 65.5 cm³/mol. The van der Waals surface area contributed by atoms with E-state index in [2.05, 4.69) is 15.0 Å². The number of aromatic nitrogens is 3. The summed E-state index contributed by atoms with van der Waals surface area (Å²) < 4.78 is 1.90. The summed E-state index contributed by atoms with van der Waals surface area (Å²) in [6.07, 6.45) is 5.80. The van der Waals surface area contributed by atoms with Gasteiger partial charge < -0.3 is 10.0 Å². The van der Waals surface area contributed by atoms with E-state index in [0.717, 1.165) is 26.2 Å². The first-order valence-corrected chi connectivity index (χ1v) is 6.30. The van der Waals surface area contributed by atoms with Crippen molar-refractivity contribution < 1.29 is 5.11 Å². The van der Waals surface area contributed by atoms with Gasteiger partial charge >= 0.3 is 0 Å². The Morgan fingerprint density at radius 3 is 2.94 bits per heavy atom. The summed E-state index contributed by atoms with van der Waals surface area (Å²) in [5.74, 6) is 0.618. The molecule has 0 radical (unpaired) electrons. The van der Waals surface area contributed by atoms with Crippen LogP contribution < -0.4 is 0 Å². The Morgan fingerprint density at radius 2 is 2.29 bits per heavy atom. The van der Waals surface area contributed by atoms with Crippen molar-refractivity contribution in [2.24, 2.45) is 5.92 Å². The number of rotatable bonds is 4. The normalized spacial score (nSPS) is 22.9. The van der Waals surface area contributed by atoms with Gasteiger partial charge in [0.25, 0.3) is 0 Å². The molecule has 96 valence electrons. The number of aliphatic hydroxyl groups is 1. The lowest BCUT2D eigenvalue weighted by Gasteiger charge is -2.35. The Labute approximate surface area is 102 Å². The highest BCUT2D eigenvalue weighted by Gasteiger charge is 2.24. The Hall–Kier alpha value is -0.940. The van der Waals surface area contributed by atoms with Crippen molar-refractivity contribution in [3.63, 3.8) is 0 Å². The molecule has 1 aliphatic heterocycles. The Balaban J connectivity index is 1.84. The largest absolute Gasteiger partial charge is 0.389 e. The molecule has 1 aliphatic rings. The number of hydrogen-bond acceptors (Lipinski definition) is 4. The van der Waals surface area contributed by atoms with Gasteiger partial charge in [0.2, 0.25) is 0 Å². The molecule has 2 heterocycles. The van der Waals surface area contributed by atoms with Crippen LogP contribution in [0.1, 0.15) is 26.7 Å². The average Bonchev–Trinajstić information content (AvgIpc) is 2.68. The first kappa shape index (κ1) is 12.5. The summed E-state index contributed by atoms with van der Waals surface area (Å²) in [6, 6.07) is 0. The molecule has 17 heavy (non-hydrogen) atoms. The first-order valence-electron chi connectivity index (χ1n) is 6.30. The van der Waals surface area contributed by atoms with Gasteiger partial charge in [-0.25, -0.2) is 4.98 Å². The standard InChI is InChI=1S/C12H22N4O/c1-12(2,17)8-15-5-3-4-11(6-15)7-16-10-13-9-14-16/h9-11,17H,3-8H2,1-2H3. The van der Waals surface area contributed by atoms with Gasteiger partial charge in [0.05, 0.1) is 5.60 Å². The van der Waals surface area contributed by atoms with Crippen LogP contribution >= 0.6 is 0 Å². The van der Waals surface area contributed by atoms with Crippen molar-refractivity contribution in [1.29, 1.82) is 0 Å². The fourth-order valence-electron chi connectivity index (χ4n) is 2.58. The van der Waals surface area contributed by atoms with Crippen molar-refractivity contribution in [2.75, 3.05) is 19.6 Å². The Morgan fingerprint density at radius 1 is 1.47 bits per heavy atom. The topological polar surface area (TPSA) is 54.2 Å². The average molecular weight is 238 g/mol. The van der Waals surface area contributed by atoms with Crippen LogP contribution in [0.2, 0.25) is 0 Å². The molecule has 0 spiro atoms. The van der Waals surface area contributed by atoms with Crippen molar-refractivity contribution in [3.8, 4) is 0 Å². The second-order valence-corrected chi connectivity index (χ2v) is 5.67. The van der Waals surface area contributed by atoms with Gasteiger partial charge in [-0.3, -0.25) is 4.68 Å². The fourth-order valence-corrected chi connectivity index (χ4v) is 2.58. The number of piperidine rings is 1. The molecule has 2 rings (SSSR count). The molecule has 0 amide bonds. The molecule has 5 nitrogen and oxygen atoms in total. The molecule has 0 aliphatic carbocycles. The highest BCUT2D eigenvalue weighted by molar-refractivity contribution is 4.78. The highest BCUT2D eigenvalue weighted by Crippen LogP contribution is 2.19. The smallest absolute Gasteiger partial charge is 0.137 e. The van der Waals surface area contributed by atoms with Gasteiger partial charge in [-0.05, 0) is 39.2 Å². The van der Waals surface area contributed by atoms with Gasteiger partial charge in [-0.15, -0.1) is 0 Å². The predicted octanol–water partition coefficient (Wildman–Crippen LogP) is 0.761. The van der Waals surface area contributed by atoms with Gasteiger partial charge in [0.1, 0.15) is 12.7 Å². The lowest BCUT2D eigenvalue weighted by molar-refractivity contribution is 0.0197. The third kappa shape index (κ3) is 4.09. The number of hydrogen-bond donors (Lipinski definition) is 1. The van der Waals surface area contributed by atoms with E-state index < -0.39 is 5.60 Å². The molecule has 0 bridgehead atoms. The van der Waals surface area contributed by atoms with Crippen molar-refractivity contribution >= 4 is 0 Å². The van der Waals surface area contributed by atoms with Crippen LogP contribution in [0.4, 0.5) is 0 Å². The van der Waals surface area contributed by atoms with Gasteiger partial charge in [0.15, 0.2) is 0 Å². The molecule has 0 aromatic carbocycles. The highest BCUT2D eigenvalue weighted by atomic mass is 16.3.